The highest BCUT2D eigenvalue weighted by Gasteiger charge is 2.49. The van der Waals surface area contributed by atoms with Gasteiger partial charge < -0.3 is 10.6 Å². The number of nitrogens with one attached hydrogen (secondary N) is 2. The predicted molar refractivity (Wildman–Crippen MR) is 98.0 cm³/mol. The molecule has 0 bridgehead atoms. The normalized spacial score (nSPS) is 20.6. The van der Waals surface area contributed by atoms with E-state index in [1.807, 2.05) is 0 Å². The third-order valence-electron chi connectivity index (χ3n) is 5.38. The molecule has 1 aromatic heterocycles. The van der Waals surface area contributed by atoms with Crippen molar-refractivity contribution in [3.05, 3.63) is 50.6 Å². The van der Waals surface area contributed by atoms with Gasteiger partial charge in [-0.1, -0.05) is 5.16 Å². The van der Waals surface area contributed by atoms with Crippen LogP contribution in [0.3, 0.4) is 0 Å². The van der Waals surface area contributed by atoms with Crippen LogP contribution in [0.15, 0.2) is 47.9 Å². The number of aromatic nitrogens is 2. The Kier molecular flexibility index (Phi) is 3.85. The van der Waals surface area contributed by atoms with E-state index in [2.05, 4.69) is 41.9 Å². The molecule has 5 rings (SSSR count). The largest absolute Gasteiger partial charge is 0.446 e. The highest BCUT2D eigenvalue weighted by atomic mass is 79.9. The minimum Gasteiger partial charge on any atom is -0.376 e. The summed E-state index contributed by atoms with van der Waals surface area (Å²) in [6.07, 6.45) is 1.89. The zero-order chi connectivity index (χ0) is 19.5. The van der Waals surface area contributed by atoms with E-state index in [1.54, 1.807) is 0 Å². The summed E-state index contributed by atoms with van der Waals surface area (Å²) in [6, 6.07) is 4.16. The smallest absolute Gasteiger partial charge is 0.376 e. The number of rotatable bonds is 4. The Bertz CT molecular complexity index is 1110. The standard InChI is InChI=1S/C17H14BrFN6O3/c18-10-3-9(1-2-11(10)19)25-14(24-28-16(25)27)12-13(15(26)23-22-12)21-8-4-17(5-8)6-20-7-17/h1-3,8,20H,4-7H2,(H,21,23,26). The molecule has 3 aliphatic rings. The molecule has 1 amide bonds. The minimum atomic E-state index is -0.780. The van der Waals surface area contributed by atoms with Gasteiger partial charge in [-0.25, -0.2) is 13.8 Å². The Balaban J connectivity index is 1.51. The zero-order valence-corrected chi connectivity index (χ0v) is 16.0. The van der Waals surface area contributed by atoms with Gasteiger partial charge in [0.2, 0.25) is 5.82 Å². The zero-order valence-electron chi connectivity index (χ0n) is 14.4. The molecule has 0 unspecified atom stereocenters. The van der Waals surface area contributed by atoms with Crippen molar-refractivity contribution in [3.8, 4) is 5.69 Å². The van der Waals surface area contributed by atoms with Crippen LogP contribution in [-0.4, -0.2) is 34.8 Å². The first kappa shape index (κ1) is 17.4. The van der Waals surface area contributed by atoms with E-state index < -0.39 is 17.5 Å². The first-order chi connectivity index (χ1) is 13.5. The van der Waals surface area contributed by atoms with E-state index in [1.165, 1.54) is 18.2 Å². The fourth-order valence-electron chi connectivity index (χ4n) is 3.89. The maximum absolute atomic E-state index is 13.6. The summed E-state index contributed by atoms with van der Waals surface area (Å²) in [5, 5.41) is 17.7. The van der Waals surface area contributed by atoms with Crippen molar-refractivity contribution in [3.63, 3.8) is 0 Å². The van der Waals surface area contributed by atoms with E-state index in [0.29, 0.717) is 11.1 Å². The molecule has 0 atom stereocenters. The van der Waals surface area contributed by atoms with E-state index in [0.717, 1.165) is 30.5 Å². The molecular weight excluding hydrogens is 435 g/mol. The van der Waals surface area contributed by atoms with Crippen LogP contribution in [-0.2, 0) is 4.79 Å². The van der Waals surface area contributed by atoms with Crippen molar-refractivity contribution in [2.75, 3.05) is 13.1 Å². The van der Waals surface area contributed by atoms with Crippen molar-refractivity contribution < 1.29 is 13.7 Å². The third-order valence-corrected chi connectivity index (χ3v) is 5.98. The second-order valence-corrected chi connectivity index (χ2v) is 8.14. The number of nitrogens with zero attached hydrogens (tertiary/aromatic N) is 4. The van der Waals surface area contributed by atoms with E-state index in [-0.39, 0.29) is 27.7 Å². The molecular formula is C17H14BrFN6O3. The number of carbonyl (C=O) groups is 1. The number of hydrogen-bond acceptors (Lipinski definition) is 7. The van der Waals surface area contributed by atoms with Crippen LogP contribution in [0.5, 0.6) is 0 Å². The van der Waals surface area contributed by atoms with Gasteiger partial charge in [0.25, 0.3) is 0 Å². The van der Waals surface area contributed by atoms with Gasteiger partial charge in [-0.3, -0.25) is 9.32 Å². The second kappa shape index (κ2) is 6.17. The minimum absolute atomic E-state index is 0.0277. The van der Waals surface area contributed by atoms with Gasteiger partial charge >= 0.3 is 11.7 Å². The molecule has 9 nitrogen and oxygen atoms in total. The number of azo groups is 1. The molecule has 28 heavy (non-hydrogen) atoms. The molecule has 3 heterocycles. The van der Waals surface area contributed by atoms with Gasteiger partial charge in [0.05, 0.1) is 10.2 Å². The van der Waals surface area contributed by atoms with Gasteiger partial charge in [-0.15, -0.1) is 10.2 Å². The average molecular weight is 449 g/mol. The van der Waals surface area contributed by atoms with E-state index in [9.17, 15) is 14.0 Å². The summed E-state index contributed by atoms with van der Waals surface area (Å²) in [5.41, 5.74) is 0.962. The molecule has 2 fully saturated rings. The SMILES string of the molecule is O=C1N=NC(c2noc(=O)n2-c2ccc(F)c(Br)c2)=C1NC1CC2(CNC2)C1. The molecule has 0 radical (unpaired) electrons. The first-order valence-corrected chi connectivity index (χ1v) is 9.47. The highest BCUT2D eigenvalue weighted by molar-refractivity contribution is 9.10. The van der Waals surface area contributed by atoms with Crippen molar-refractivity contribution >= 4 is 27.5 Å². The summed E-state index contributed by atoms with van der Waals surface area (Å²) < 4.78 is 19.6. The van der Waals surface area contributed by atoms with Gasteiger partial charge in [-0.05, 0) is 52.4 Å². The van der Waals surface area contributed by atoms with Crippen LogP contribution >= 0.6 is 15.9 Å². The lowest BCUT2D eigenvalue weighted by Gasteiger charge is -2.54. The summed E-state index contributed by atoms with van der Waals surface area (Å²) in [5.74, 6) is -1.75. The Morgan fingerprint density at radius 1 is 1.29 bits per heavy atom. The molecule has 2 aromatic rings. The number of carbonyl (C=O) groups excluding carboxylic acids is 1. The second-order valence-electron chi connectivity index (χ2n) is 7.29. The van der Waals surface area contributed by atoms with E-state index >= 15 is 0 Å². The molecule has 1 saturated carbocycles. The van der Waals surface area contributed by atoms with Crippen LogP contribution in [0.1, 0.15) is 18.7 Å². The van der Waals surface area contributed by atoms with Crippen molar-refractivity contribution in [2.24, 2.45) is 15.6 Å². The Hall–Kier alpha value is -2.66. The highest BCUT2D eigenvalue weighted by Crippen LogP contribution is 2.44. The number of hydrogen-bond donors (Lipinski definition) is 2. The fraction of sp³-hybridized carbons (Fsp3) is 0.353. The Labute approximate surface area is 165 Å². The lowest BCUT2D eigenvalue weighted by molar-refractivity contribution is -0.115. The quantitative estimate of drug-likeness (QED) is 0.735. The number of amides is 1. The van der Waals surface area contributed by atoms with Gasteiger partial charge in [0.1, 0.15) is 11.5 Å². The molecule has 1 spiro atoms. The molecule has 1 aromatic carbocycles. The summed E-state index contributed by atoms with van der Waals surface area (Å²) in [4.78, 5) is 24.5. The topological polar surface area (TPSA) is 114 Å². The maximum Gasteiger partial charge on any atom is 0.446 e. The first-order valence-electron chi connectivity index (χ1n) is 8.68. The summed E-state index contributed by atoms with van der Waals surface area (Å²) in [6.45, 7) is 1.98. The molecule has 144 valence electrons. The van der Waals surface area contributed by atoms with Crippen molar-refractivity contribution in [1.29, 1.82) is 0 Å². The van der Waals surface area contributed by atoms with Gasteiger partial charge in [0, 0.05) is 19.1 Å². The van der Waals surface area contributed by atoms with Crippen LogP contribution in [0.25, 0.3) is 11.4 Å². The molecule has 11 heteroatoms. The number of benzene rings is 1. The van der Waals surface area contributed by atoms with Crippen LogP contribution in [0.4, 0.5) is 4.39 Å². The Morgan fingerprint density at radius 2 is 2.07 bits per heavy atom. The third kappa shape index (κ3) is 2.65. The van der Waals surface area contributed by atoms with E-state index in [4.69, 9.17) is 4.52 Å². The maximum atomic E-state index is 13.6. The average Bonchev–Trinajstić information content (AvgIpc) is 3.14. The lowest BCUT2D eigenvalue weighted by atomic mass is 9.61. The number of halogens is 2. The summed E-state index contributed by atoms with van der Waals surface area (Å²) >= 11 is 3.09. The monoisotopic (exact) mass is 448 g/mol. The van der Waals surface area contributed by atoms with Crippen molar-refractivity contribution in [2.45, 2.75) is 18.9 Å². The molecule has 1 saturated heterocycles. The van der Waals surface area contributed by atoms with Crippen LogP contribution in [0.2, 0.25) is 0 Å². The molecule has 2 aliphatic heterocycles. The Morgan fingerprint density at radius 3 is 2.75 bits per heavy atom. The fourth-order valence-corrected chi connectivity index (χ4v) is 4.26. The van der Waals surface area contributed by atoms with Crippen LogP contribution in [0, 0.1) is 11.2 Å². The lowest BCUT2D eigenvalue weighted by Crippen LogP contribution is -2.64. The van der Waals surface area contributed by atoms with Gasteiger partial charge in [0.15, 0.2) is 5.70 Å². The summed E-state index contributed by atoms with van der Waals surface area (Å²) in [7, 11) is 0. The van der Waals surface area contributed by atoms with Crippen molar-refractivity contribution in [1.82, 2.24) is 20.4 Å². The molecule has 2 N–H and O–H groups in total. The van der Waals surface area contributed by atoms with Gasteiger partial charge in [-0.2, -0.15) is 0 Å². The molecule has 1 aliphatic carbocycles. The predicted octanol–water partition coefficient (Wildman–Crippen LogP) is 1.73. The van der Waals surface area contributed by atoms with Crippen LogP contribution < -0.4 is 16.4 Å².